The first kappa shape index (κ1) is 18.6. The molecule has 0 saturated carbocycles. The minimum Gasteiger partial charge on any atom is -0.452 e. The van der Waals surface area contributed by atoms with Gasteiger partial charge in [0.05, 0.1) is 5.56 Å². The van der Waals surface area contributed by atoms with E-state index in [0.717, 1.165) is 12.1 Å². The molecule has 0 heterocycles. The van der Waals surface area contributed by atoms with Crippen molar-refractivity contribution in [2.45, 2.75) is 6.36 Å². The third-order valence-corrected chi connectivity index (χ3v) is 3.00. The van der Waals surface area contributed by atoms with Gasteiger partial charge in [-0.1, -0.05) is 17.7 Å². The van der Waals surface area contributed by atoms with Crippen LogP contribution in [0.2, 0.25) is 5.02 Å². The summed E-state index contributed by atoms with van der Waals surface area (Å²) < 4.78 is 44.7. The van der Waals surface area contributed by atoms with Gasteiger partial charge in [0.15, 0.2) is 6.61 Å². The van der Waals surface area contributed by atoms with Crippen molar-refractivity contribution in [3.63, 3.8) is 0 Å². The predicted molar refractivity (Wildman–Crippen MR) is 83.5 cm³/mol. The van der Waals surface area contributed by atoms with Crippen LogP contribution in [0, 0.1) is 0 Å². The van der Waals surface area contributed by atoms with E-state index in [9.17, 15) is 22.8 Å². The Morgan fingerprint density at radius 1 is 1.08 bits per heavy atom. The first-order valence-corrected chi connectivity index (χ1v) is 7.19. The van der Waals surface area contributed by atoms with Crippen LogP contribution < -0.4 is 10.1 Å². The van der Waals surface area contributed by atoms with Crippen LogP contribution in [0.25, 0.3) is 0 Å². The van der Waals surface area contributed by atoms with Crippen molar-refractivity contribution in [3.05, 3.63) is 59.1 Å². The molecule has 2 aromatic rings. The fourth-order valence-corrected chi connectivity index (χ4v) is 1.96. The third kappa shape index (κ3) is 6.34. The lowest BCUT2D eigenvalue weighted by Gasteiger charge is -2.10. The molecule has 2 rings (SSSR count). The summed E-state index contributed by atoms with van der Waals surface area (Å²) in [5, 5.41) is 2.72. The van der Waals surface area contributed by atoms with Crippen molar-refractivity contribution in [2.24, 2.45) is 0 Å². The van der Waals surface area contributed by atoms with Crippen LogP contribution in [0.3, 0.4) is 0 Å². The van der Waals surface area contributed by atoms with Gasteiger partial charge in [-0.3, -0.25) is 4.79 Å². The topological polar surface area (TPSA) is 64.6 Å². The molecule has 1 N–H and O–H groups in total. The Labute approximate surface area is 145 Å². The van der Waals surface area contributed by atoms with Gasteiger partial charge >= 0.3 is 12.3 Å². The van der Waals surface area contributed by atoms with Gasteiger partial charge in [0.25, 0.3) is 5.91 Å². The van der Waals surface area contributed by atoms with Crippen LogP contribution in [0.15, 0.2) is 48.5 Å². The smallest absolute Gasteiger partial charge is 0.452 e. The number of carbonyl (C=O) groups excluding carboxylic acids is 2. The van der Waals surface area contributed by atoms with E-state index in [1.165, 1.54) is 24.3 Å². The van der Waals surface area contributed by atoms with Crippen LogP contribution >= 0.6 is 11.6 Å². The molecule has 0 atom stereocenters. The number of ether oxygens (including phenoxy) is 2. The second-order valence-corrected chi connectivity index (χ2v) is 5.14. The number of benzene rings is 2. The molecule has 25 heavy (non-hydrogen) atoms. The fourth-order valence-electron chi connectivity index (χ4n) is 1.77. The van der Waals surface area contributed by atoms with E-state index < -0.39 is 30.6 Å². The summed E-state index contributed by atoms with van der Waals surface area (Å²) >= 11 is 5.74. The van der Waals surface area contributed by atoms with Crippen LogP contribution in [0.4, 0.5) is 18.9 Å². The molecule has 0 aliphatic heterocycles. The molecule has 0 saturated heterocycles. The SMILES string of the molecule is O=C(COC(=O)c1cccc(Cl)c1)Nc1ccc(OC(F)(F)F)cc1. The number of halogens is 4. The molecule has 132 valence electrons. The van der Waals surface area contributed by atoms with E-state index in [2.05, 4.69) is 10.1 Å². The minimum absolute atomic E-state index is 0.189. The van der Waals surface area contributed by atoms with E-state index in [4.69, 9.17) is 16.3 Å². The third-order valence-electron chi connectivity index (χ3n) is 2.77. The maximum Gasteiger partial charge on any atom is 0.573 e. The van der Waals surface area contributed by atoms with Crippen LogP contribution in [0.5, 0.6) is 5.75 Å². The molecule has 0 aliphatic rings. The van der Waals surface area contributed by atoms with E-state index in [0.29, 0.717) is 5.02 Å². The molecule has 0 unspecified atom stereocenters. The number of anilines is 1. The number of rotatable bonds is 5. The van der Waals surface area contributed by atoms with Crippen molar-refractivity contribution in [1.29, 1.82) is 0 Å². The molecule has 9 heteroatoms. The second-order valence-electron chi connectivity index (χ2n) is 4.71. The number of esters is 1. The van der Waals surface area contributed by atoms with Crippen molar-refractivity contribution >= 4 is 29.2 Å². The van der Waals surface area contributed by atoms with Gasteiger partial charge in [-0.2, -0.15) is 0 Å². The quantitative estimate of drug-likeness (QED) is 0.803. The molecule has 2 aromatic carbocycles. The summed E-state index contributed by atoms with van der Waals surface area (Å²) in [6.45, 7) is -0.563. The van der Waals surface area contributed by atoms with Gasteiger partial charge in [0, 0.05) is 10.7 Å². The normalized spacial score (nSPS) is 10.9. The number of nitrogens with one attached hydrogen (secondary N) is 1. The van der Waals surface area contributed by atoms with Crippen molar-refractivity contribution < 1.29 is 32.2 Å². The Balaban J connectivity index is 1.85. The van der Waals surface area contributed by atoms with Gasteiger partial charge in [0.2, 0.25) is 0 Å². The fraction of sp³-hybridized carbons (Fsp3) is 0.125. The Hall–Kier alpha value is -2.74. The van der Waals surface area contributed by atoms with Gasteiger partial charge < -0.3 is 14.8 Å². The maximum atomic E-state index is 12.0. The summed E-state index contributed by atoms with van der Waals surface area (Å²) in [7, 11) is 0. The highest BCUT2D eigenvalue weighted by atomic mass is 35.5. The predicted octanol–water partition coefficient (Wildman–Crippen LogP) is 4.03. The summed E-state index contributed by atoms with van der Waals surface area (Å²) in [4.78, 5) is 23.5. The lowest BCUT2D eigenvalue weighted by atomic mass is 10.2. The molecule has 1 amide bonds. The molecular formula is C16H11ClF3NO4. The molecule has 0 aromatic heterocycles. The van der Waals surface area contributed by atoms with E-state index in [1.54, 1.807) is 12.1 Å². The van der Waals surface area contributed by atoms with E-state index in [-0.39, 0.29) is 11.3 Å². The average Bonchev–Trinajstić information content (AvgIpc) is 2.53. The Morgan fingerprint density at radius 3 is 2.36 bits per heavy atom. The summed E-state index contributed by atoms with van der Waals surface area (Å²) in [5.74, 6) is -1.80. The highest BCUT2D eigenvalue weighted by Gasteiger charge is 2.30. The Morgan fingerprint density at radius 2 is 1.76 bits per heavy atom. The average molecular weight is 374 g/mol. The van der Waals surface area contributed by atoms with E-state index >= 15 is 0 Å². The molecule has 0 spiro atoms. The zero-order valence-corrected chi connectivity index (χ0v) is 13.2. The van der Waals surface area contributed by atoms with Crippen molar-refractivity contribution in [2.75, 3.05) is 11.9 Å². The maximum absolute atomic E-state index is 12.0. The number of amides is 1. The molecule has 0 aliphatic carbocycles. The van der Waals surface area contributed by atoms with E-state index in [1.807, 2.05) is 0 Å². The standard InChI is InChI=1S/C16H11ClF3NO4/c17-11-3-1-2-10(8-11)15(23)24-9-14(22)21-12-4-6-13(7-5-12)25-16(18,19)20/h1-8H,9H2,(H,21,22). The Bertz CT molecular complexity index is 763. The summed E-state index contributed by atoms with van der Waals surface area (Å²) in [6, 6.07) is 10.5. The lowest BCUT2D eigenvalue weighted by molar-refractivity contribution is -0.274. The van der Waals surface area contributed by atoms with Crippen LogP contribution in [-0.4, -0.2) is 24.8 Å². The van der Waals surface area contributed by atoms with Gasteiger partial charge in [-0.05, 0) is 42.5 Å². The molecular weight excluding hydrogens is 363 g/mol. The number of carbonyl (C=O) groups is 2. The largest absolute Gasteiger partial charge is 0.573 e. The molecule has 0 bridgehead atoms. The monoisotopic (exact) mass is 373 g/mol. The number of hydrogen-bond donors (Lipinski definition) is 1. The second kappa shape index (κ2) is 7.89. The lowest BCUT2D eigenvalue weighted by Crippen LogP contribution is -2.21. The van der Waals surface area contributed by atoms with Crippen molar-refractivity contribution in [3.8, 4) is 5.75 Å². The van der Waals surface area contributed by atoms with Gasteiger partial charge in [-0.15, -0.1) is 13.2 Å². The van der Waals surface area contributed by atoms with Gasteiger partial charge in [-0.25, -0.2) is 4.79 Å². The number of hydrogen-bond acceptors (Lipinski definition) is 4. The highest BCUT2D eigenvalue weighted by Crippen LogP contribution is 2.23. The van der Waals surface area contributed by atoms with Crippen LogP contribution in [-0.2, 0) is 9.53 Å². The molecule has 5 nitrogen and oxygen atoms in total. The van der Waals surface area contributed by atoms with Crippen LogP contribution in [0.1, 0.15) is 10.4 Å². The first-order valence-electron chi connectivity index (χ1n) is 6.81. The van der Waals surface area contributed by atoms with Crippen molar-refractivity contribution in [1.82, 2.24) is 0 Å². The number of alkyl halides is 3. The van der Waals surface area contributed by atoms with Gasteiger partial charge in [0.1, 0.15) is 5.75 Å². The summed E-state index contributed by atoms with van der Waals surface area (Å²) in [6.07, 6.45) is -4.79. The first-order chi connectivity index (χ1) is 11.7. The zero-order chi connectivity index (χ0) is 18.4. The summed E-state index contributed by atoms with van der Waals surface area (Å²) in [5.41, 5.74) is 0.410. The zero-order valence-electron chi connectivity index (χ0n) is 12.5. The highest BCUT2D eigenvalue weighted by molar-refractivity contribution is 6.30. The molecule has 0 radical (unpaired) electrons. The molecule has 0 fully saturated rings. The minimum atomic E-state index is -4.79. The Kier molecular flexibility index (Phi) is 5.87.